The van der Waals surface area contributed by atoms with E-state index < -0.39 is 17.7 Å². The summed E-state index contributed by atoms with van der Waals surface area (Å²) >= 11 is 0. The molecule has 1 aliphatic rings. The van der Waals surface area contributed by atoms with Gasteiger partial charge in [-0.2, -0.15) is 4.39 Å². The molecule has 3 nitrogen and oxygen atoms in total. The highest BCUT2D eigenvalue weighted by Crippen LogP contribution is 2.37. The predicted octanol–water partition coefficient (Wildman–Crippen LogP) is 6.69. The molecule has 170 valence electrons. The van der Waals surface area contributed by atoms with Crippen molar-refractivity contribution in [2.24, 2.45) is 5.92 Å². The van der Waals surface area contributed by atoms with Crippen LogP contribution < -0.4 is 9.47 Å². The predicted molar refractivity (Wildman–Crippen MR) is 114 cm³/mol. The second-order valence-corrected chi connectivity index (χ2v) is 8.24. The summed E-state index contributed by atoms with van der Waals surface area (Å²) in [5.74, 6) is -1.77. The fraction of sp³-hybridized carbons (Fsp3) is 0.520. The van der Waals surface area contributed by atoms with E-state index in [0.717, 1.165) is 31.2 Å². The molecule has 3 rings (SSSR count). The second kappa shape index (κ2) is 10.9. The molecular weight excluding hydrogens is 405 g/mol. The fourth-order valence-electron chi connectivity index (χ4n) is 4.26. The monoisotopic (exact) mass is 436 g/mol. The normalized spacial score (nSPS) is 19.8. The number of halogens is 3. The van der Waals surface area contributed by atoms with Gasteiger partial charge in [0.2, 0.25) is 5.82 Å². The zero-order valence-corrected chi connectivity index (χ0v) is 18.2. The van der Waals surface area contributed by atoms with Crippen LogP contribution >= 0.6 is 0 Å². The highest BCUT2D eigenvalue weighted by Gasteiger charge is 2.25. The largest absolute Gasteiger partial charge is 0.491 e. The third-order valence-corrected chi connectivity index (χ3v) is 6.05. The fourth-order valence-corrected chi connectivity index (χ4v) is 4.26. The Morgan fingerprint density at radius 3 is 2.29 bits per heavy atom. The summed E-state index contributed by atoms with van der Waals surface area (Å²) < 4.78 is 53.6. The topological polar surface area (TPSA) is 38.7 Å². The van der Waals surface area contributed by atoms with Crippen LogP contribution in [0.5, 0.6) is 11.5 Å². The highest BCUT2D eigenvalue weighted by molar-refractivity contribution is 5.33. The van der Waals surface area contributed by atoms with Crippen LogP contribution in [0.15, 0.2) is 30.3 Å². The molecule has 2 aromatic carbocycles. The first-order valence-corrected chi connectivity index (χ1v) is 11.2. The van der Waals surface area contributed by atoms with Gasteiger partial charge in [-0.3, -0.25) is 0 Å². The standard InChI is InChI=1S/C25H31F3O3/c1-3-5-21(29)19-11-13-23(25(28)24(19)27)31-15-16-6-8-17(9-7-16)18-10-12-22(30-4-2)20(26)14-18/h10-14,16-17,21,29H,3-9,15H2,1-2H3. The van der Waals surface area contributed by atoms with Gasteiger partial charge in [0.05, 0.1) is 19.3 Å². The van der Waals surface area contributed by atoms with Crippen LogP contribution in [0.2, 0.25) is 0 Å². The molecule has 6 heteroatoms. The number of aliphatic hydroxyl groups excluding tert-OH is 1. The van der Waals surface area contributed by atoms with Crippen molar-refractivity contribution in [1.82, 2.24) is 0 Å². The molecule has 2 aromatic rings. The first-order chi connectivity index (χ1) is 14.9. The van der Waals surface area contributed by atoms with Gasteiger partial charge in [0.1, 0.15) is 0 Å². The summed E-state index contributed by atoms with van der Waals surface area (Å²) in [5, 5.41) is 9.95. The van der Waals surface area contributed by atoms with E-state index in [9.17, 15) is 18.3 Å². The van der Waals surface area contributed by atoms with Crippen molar-refractivity contribution < 1.29 is 27.8 Å². The zero-order valence-electron chi connectivity index (χ0n) is 18.2. The average Bonchev–Trinajstić information content (AvgIpc) is 2.77. The van der Waals surface area contributed by atoms with E-state index >= 15 is 0 Å². The van der Waals surface area contributed by atoms with Crippen molar-refractivity contribution in [3.63, 3.8) is 0 Å². The van der Waals surface area contributed by atoms with E-state index in [1.54, 1.807) is 12.1 Å². The molecule has 0 spiro atoms. The van der Waals surface area contributed by atoms with E-state index in [-0.39, 0.29) is 34.7 Å². The number of aliphatic hydroxyl groups is 1. The summed E-state index contributed by atoms with van der Waals surface area (Å²) in [6, 6.07) is 7.94. The molecule has 31 heavy (non-hydrogen) atoms. The zero-order chi connectivity index (χ0) is 22.4. The smallest absolute Gasteiger partial charge is 0.200 e. The van der Waals surface area contributed by atoms with Crippen molar-refractivity contribution in [1.29, 1.82) is 0 Å². The van der Waals surface area contributed by atoms with Crippen molar-refractivity contribution in [2.45, 2.75) is 64.4 Å². The van der Waals surface area contributed by atoms with Crippen molar-refractivity contribution in [3.8, 4) is 11.5 Å². The van der Waals surface area contributed by atoms with Crippen molar-refractivity contribution in [2.75, 3.05) is 13.2 Å². The van der Waals surface area contributed by atoms with Crippen LogP contribution in [-0.4, -0.2) is 18.3 Å². The molecule has 1 unspecified atom stereocenters. The van der Waals surface area contributed by atoms with Gasteiger partial charge in [0.15, 0.2) is 23.1 Å². The lowest BCUT2D eigenvalue weighted by Crippen LogP contribution is -2.20. The van der Waals surface area contributed by atoms with Crippen LogP contribution in [0.25, 0.3) is 0 Å². The van der Waals surface area contributed by atoms with E-state index in [0.29, 0.717) is 26.1 Å². The minimum atomic E-state index is -1.05. The van der Waals surface area contributed by atoms with Gasteiger partial charge < -0.3 is 14.6 Å². The van der Waals surface area contributed by atoms with E-state index in [2.05, 4.69) is 0 Å². The lowest BCUT2D eigenvalue weighted by Gasteiger charge is -2.29. The first-order valence-electron chi connectivity index (χ1n) is 11.2. The van der Waals surface area contributed by atoms with Gasteiger partial charge in [0.25, 0.3) is 0 Å². The van der Waals surface area contributed by atoms with Gasteiger partial charge in [0, 0.05) is 5.56 Å². The van der Waals surface area contributed by atoms with Gasteiger partial charge in [-0.1, -0.05) is 19.4 Å². The molecule has 0 aromatic heterocycles. The number of benzene rings is 2. The van der Waals surface area contributed by atoms with Gasteiger partial charge in [-0.15, -0.1) is 0 Å². The van der Waals surface area contributed by atoms with Crippen LogP contribution in [-0.2, 0) is 0 Å². The summed E-state index contributed by atoms with van der Waals surface area (Å²) in [5.41, 5.74) is 0.935. The molecule has 1 saturated carbocycles. The van der Waals surface area contributed by atoms with Crippen LogP contribution in [0.3, 0.4) is 0 Å². The Labute approximate surface area is 182 Å². The van der Waals surface area contributed by atoms with Crippen LogP contribution in [0, 0.1) is 23.4 Å². The minimum Gasteiger partial charge on any atom is -0.491 e. The third kappa shape index (κ3) is 5.73. The van der Waals surface area contributed by atoms with Crippen LogP contribution in [0.4, 0.5) is 13.2 Å². The summed E-state index contributed by atoms with van der Waals surface area (Å²) in [6.07, 6.45) is 3.55. The Bertz CT molecular complexity index is 863. The van der Waals surface area contributed by atoms with Gasteiger partial charge in [-0.25, -0.2) is 8.78 Å². The van der Waals surface area contributed by atoms with Crippen molar-refractivity contribution in [3.05, 3.63) is 58.9 Å². The molecule has 1 fully saturated rings. The molecule has 0 aliphatic heterocycles. The molecular formula is C25H31F3O3. The number of ether oxygens (including phenoxy) is 2. The Balaban J connectivity index is 1.54. The Morgan fingerprint density at radius 1 is 0.935 bits per heavy atom. The number of hydrogen-bond donors (Lipinski definition) is 1. The molecule has 1 atom stereocenters. The Kier molecular flexibility index (Phi) is 8.24. The van der Waals surface area contributed by atoms with Crippen molar-refractivity contribution >= 4 is 0 Å². The number of rotatable bonds is 9. The molecule has 1 N–H and O–H groups in total. The maximum atomic E-state index is 14.4. The first kappa shape index (κ1) is 23.5. The third-order valence-electron chi connectivity index (χ3n) is 6.05. The van der Waals surface area contributed by atoms with E-state index in [1.807, 2.05) is 19.9 Å². The van der Waals surface area contributed by atoms with Crippen LogP contribution in [0.1, 0.15) is 75.5 Å². The molecule has 1 aliphatic carbocycles. The SMILES string of the molecule is CCCC(O)c1ccc(OCC2CCC(c3ccc(OCC)c(F)c3)CC2)c(F)c1F. The quantitative estimate of drug-likeness (QED) is 0.476. The maximum absolute atomic E-state index is 14.4. The maximum Gasteiger partial charge on any atom is 0.200 e. The molecule has 0 radical (unpaired) electrons. The Morgan fingerprint density at radius 2 is 1.65 bits per heavy atom. The number of hydrogen-bond acceptors (Lipinski definition) is 3. The molecule has 0 amide bonds. The summed E-state index contributed by atoms with van der Waals surface area (Å²) in [6.45, 7) is 4.42. The molecule has 0 saturated heterocycles. The van der Waals surface area contributed by atoms with Gasteiger partial charge in [-0.05, 0) is 80.7 Å². The lowest BCUT2D eigenvalue weighted by molar-refractivity contribution is 0.159. The Hall–Kier alpha value is -2.21. The van der Waals surface area contributed by atoms with Gasteiger partial charge >= 0.3 is 0 Å². The molecule has 0 heterocycles. The van der Waals surface area contributed by atoms with E-state index in [4.69, 9.17) is 9.47 Å². The second-order valence-electron chi connectivity index (χ2n) is 8.24. The average molecular weight is 437 g/mol. The minimum absolute atomic E-state index is 0.0326. The summed E-state index contributed by atoms with van der Waals surface area (Å²) in [4.78, 5) is 0. The lowest BCUT2D eigenvalue weighted by atomic mass is 9.79. The summed E-state index contributed by atoms with van der Waals surface area (Å²) in [7, 11) is 0. The highest BCUT2D eigenvalue weighted by atomic mass is 19.2. The van der Waals surface area contributed by atoms with E-state index in [1.165, 1.54) is 12.1 Å². The molecule has 0 bridgehead atoms.